The molecule has 0 aliphatic heterocycles. The predicted octanol–water partition coefficient (Wildman–Crippen LogP) is 5.44. The SMILES string of the molecule is CCOc1cc(/C=N/NC(=O)Nc2ccccc2)ccc1OCc1cc(C)ccc1C. The highest BCUT2D eigenvalue weighted by Crippen LogP contribution is 2.29. The zero-order valence-corrected chi connectivity index (χ0v) is 18.0. The van der Waals surface area contributed by atoms with Gasteiger partial charge in [-0.3, -0.25) is 0 Å². The van der Waals surface area contributed by atoms with Gasteiger partial charge in [0.25, 0.3) is 0 Å². The summed E-state index contributed by atoms with van der Waals surface area (Å²) in [6, 6.07) is 20.6. The molecule has 3 rings (SSSR count). The maximum atomic E-state index is 11.9. The maximum absolute atomic E-state index is 11.9. The molecule has 6 heteroatoms. The van der Waals surface area contributed by atoms with Crippen molar-refractivity contribution in [3.63, 3.8) is 0 Å². The second-order valence-electron chi connectivity index (χ2n) is 7.05. The highest BCUT2D eigenvalue weighted by molar-refractivity contribution is 5.90. The van der Waals surface area contributed by atoms with Gasteiger partial charge in [0.1, 0.15) is 6.61 Å². The summed E-state index contributed by atoms with van der Waals surface area (Å²) < 4.78 is 11.8. The summed E-state index contributed by atoms with van der Waals surface area (Å²) >= 11 is 0. The smallest absolute Gasteiger partial charge is 0.339 e. The minimum atomic E-state index is -0.416. The van der Waals surface area contributed by atoms with Crippen molar-refractivity contribution in [1.29, 1.82) is 0 Å². The molecule has 0 unspecified atom stereocenters. The van der Waals surface area contributed by atoms with Crippen molar-refractivity contribution in [2.75, 3.05) is 11.9 Å². The standard InChI is InChI=1S/C25H27N3O3/c1-4-30-24-15-20(16-26-28-25(29)27-22-8-6-5-7-9-22)12-13-23(24)31-17-21-14-18(2)10-11-19(21)3/h5-16H,4,17H2,1-3H3,(H2,27,28,29)/b26-16+. The van der Waals surface area contributed by atoms with Gasteiger partial charge in [-0.05, 0) is 67.8 Å². The molecule has 2 amide bonds. The van der Waals surface area contributed by atoms with Crippen molar-refractivity contribution in [1.82, 2.24) is 5.43 Å². The van der Waals surface area contributed by atoms with Gasteiger partial charge in [-0.1, -0.05) is 42.0 Å². The Kier molecular flexibility index (Phi) is 7.65. The Labute approximate surface area is 182 Å². The molecule has 3 aromatic carbocycles. The largest absolute Gasteiger partial charge is 0.490 e. The summed E-state index contributed by atoms with van der Waals surface area (Å²) in [6.45, 7) is 7.03. The first-order valence-corrected chi connectivity index (χ1v) is 10.2. The third-order valence-corrected chi connectivity index (χ3v) is 4.57. The summed E-state index contributed by atoms with van der Waals surface area (Å²) in [5, 5.41) is 6.70. The van der Waals surface area contributed by atoms with Gasteiger partial charge in [-0.25, -0.2) is 10.2 Å². The van der Waals surface area contributed by atoms with E-state index in [0.717, 1.165) is 11.1 Å². The Balaban J connectivity index is 1.63. The van der Waals surface area contributed by atoms with Crippen molar-refractivity contribution in [2.24, 2.45) is 5.10 Å². The number of aryl methyl sites for hydroxylation is 2. The third-order valence-electron chi connectivity index (χ3n) is 4.57. The molecule has 0 aliphatic rings. The monoisotopic (exact) mass is 417 g/mol. The van der Waals surface area contributed by atoms with Gasteiger partial charge in [0.2, 0.25) is 0 Å². The van der Waals surface area contributed by atoms with Gasteiger partial charge in [0.05, 0.1) is 12.8 Å². The Morgan fingerprint density at radius 2 is 1.77 bits per heavy atom. The second-order valence-corrected chi connectivity index (χ2v) is 7.05. The highest BCUT2D eigenvalue weighted by Gasteiger charge is 2.08. The molecule has 31 heavy (non-hydrogen) atoms. The van der Waals surface area contributed by atoms with E-state index in [-0.39, 0.29) is 0 Å². The quantitative estimate of drug-likeness (QED) is 0.379. The number of hydrogen-bond donors (Lipinski definition) is 2. The van der Waals surface area contributed by atoms with Gasteiger partial charge in [0, 0.05) is 5.69 Å². The second kappa shape index (κ2) is 10.8. The van der Waals surface area contributed by atoms with Crippen LogP contribution in [0.25, 0.3) is 0 Å². The van der Waals surface area contributed by atoms with E-state index in [1.165, 1.54) is 11.1 Å². The number of nitrogens with one attached hydrogen (secondary N) is 2. The minimum absolute atomic E-state index is 0.416. The number of anilines is 1. The van der Waals surface area contributed by atoms with E-state index in [4.69, 9.17) is 9.47 Å². The van der Waals surface area contributed by atoms with Crippen LogP contribution in [0.15, 0.2) is 71.8 Å². The van der Waals surface area contributed by atoms with Gasteiger partial charge in [-0.2, -0.15) is 5.10 Å². The number of para-hydroxylation sites is 1. The number of hydrazone groups is 1. The van der Waals surface area contributed by atoms with Crippen LogP contribution in [0.4, 0.5) is 10.5 Å². The lowest BCUT2D eigenvalue weighted by molar-refractivity contribution is 0.252. The summed E-state index contributed by atoms with van der Waals surface area (Å²) in [6.07, 6.45) is 1.56. The van der Waals surface area contributed by atoms with Crippen LogP contribution < -0.4 is 20.2 Å². The fraction of sp³-hybridized carbons (Fsp3) is 0.200. The summed E-state index contributed by atoms with van der Waals surface area (Å²) in [5.74, 6) is 1.29. The van der Waals surface area contributed by atoms with Gasteiger partial charge in [0.15, 0.2) is 11.5 Å². The molecule has 0 fully saturated rings. The van der Waals surface area contributed by atoms with E-state index in [9.17, 15) is 4.79 Å². The van der Waals surface area contributed by atoms with E-state index < -0.39 is 6.03 Å². The molecule has 0 aliphatic carbocycles. The first-order chi connectivity index (χ1) is 15.0. The summed E-state index contributed by atoms with van der Waals surface area (Å²) in [7, 11) is 0. The van der Waals surface area contributed by atoms with Crippen LogP contribution in [-0.2, 0) is 6.61 Å². The first kappa shape index (κ1) is 21.9. The van der Waals surface area contributed by atoms with Crippen molar-refractivity contribution in [3.05, 3.63) is 89.0 Å². The summed E-state index contributed by atoms with van der Waals surface area (Å²) in [5.41, 5.74) is 7.45. The molecular weight excluding hydrogens is 390 g/mol. The van der Waals surface area contributed by atoms with Crippen LogP contribution in [0, 0.1) is 13.8 Å². The molecule has 0 saturated heterocycles. The van der Waals surface area contributed by atoms with Crippen LogP contribution in [0.2, 0.25) is 0 Å². The average molecular weight is 418 g/mol. The van der Waals surface area contributed by atoms with Crippen molar-refractivity contribution >= 4 is 17.9 Å². The molecule has 0 radical (unpaired) electrons. The lowest BCUT2D eigenvalue weighted by atomic mass is 10.1. The molecule has 0 atom stereocenters. The fourth-order valence-corrected chi connectivity index (χ4v) is 2.95. The number of carbonyl (C=O) groups excluding carboxylic acids is 1. The lowest BCUT2D eigenvalue weighted by Gasteiger charge is -2.14. The molecule has 0 saturated carbocycles. The maximum Gasteiger partial charge on any atom is 0.339 e. The third kappa shape index (κ3) is 6.60. The molecule has 0 heterocycles. The zero-order valence-electron chi connectivity index (χ0n) is 18.0. The fourth-order valence-electron chi connectivity index (χ4n) is 2.95. The number of ether oxygens (including phenoxy) is 2. The molecule has 0 aromatic heterocycles. The van der Waals surface area contributed by atoms with Gasteiger partial charge >= 0.3 is 6.03 Å². The minimum Gasteiger partial charge on any atom is -0.490 e. The van der Waals surface area contributed by atoms with Crippen LogP contribution in [0.3, 0.4) is 0 Å². The van der Waals surface area contributed by atoms with Crippen molar-refractivity contribution in [2.45, 2.75) is 27.4 Å². The van der Waals surface area contributed by atoms with E-state index in [1.807, 2.05) is 43.3 Å². The van der Waals surface area contributed by atoms with Crippen molar-refractivity contribution in [3.8, 4) is 11.5 Å². The Morgan fingerprint density at radius 3 is 2.55 bits per heavy atom. The molecule has 0 bridgehead atoms. The average Bonchev–Trinajstić information content (AvgIpc) is 2.76. The van der Waals surface area contributed by atoms with Crippen LogP contribution in [-0.4, -0.2) is 18.9 Å². The van der Waals surface area contributed by atoms with Gasteiger partial charge < -0.3 is 14.8 Å². The zero-order chi connectivity index (χ0) is 22.1. The summed E-state index contributed by atoms with van der Waals surface area (Å²) in [4.78, 5) is 11.9. The van der Waals surface area contributed by atoms with Crippen molar-refractivity contribution < 1.29 is 14.3 Å². The molecule has 3 aromatic rings. The molecular formula is C25H27N3O3. The normalized spacial score (nSPS) is 10.7. The highest BCUT2D eigenvalue weighted by atomic mass is 16.5. The van der Waals surface area contributed by atoms with E-state index in [2.05, 4.69) is 47.9 Å². The van der Waals surface area contributed by atoms with E-state index in [0.29, 0.717) is 30.4 Å². The number of rotatable bonds is 8. The van der Waals surface area contributed by atoms with Crippen LogP contribution in [0.1, 0.15) is 29.2 Å². The predicted molar refractivity (Wildman–Crippen MR) is 124 cm³/mol. The number of amides is 2. The van der Waals surface area contributed by atoms with Gasteiger partial charge in [-0.15, -0.1) is 0 Å². The van der Waals surface area contributed by atoms with E-state index in [1.54, 1.807) is 18.3 Å². The molecule has 6 nitrogen and oxygen atoms in total. The van der Waals surface area contributed by atoms with Crippen LogP contribution >= 0.6 is 0 Å². The van der Waals surface area contributed by atoms with E-state index >= 15 is 0 Å². The number of urea groups is 1. The molecule has 160 valence electrons. The number of benzene rings is 3. The number of hydrogen-bond acceptors (Lipinski definition) is 4. The lowest BCUT2D eigenvalue weighted by Crippen LogP contribution is -2.24. The van der Waals surface area contributed by atoms with Crippen LogP contribution in [0.5, 0.6) is 11.5 Å². The Hall–Kier alpha value is -3.80. The first-order valence-electron chi connectivity index (χ1n) is 10.2. The Morgan fingerprint density at radius 1 is 0.968 bits per heavy atom. The number of carbonyl (C=O) groups is 1. The molecule has 2 N–H and O–H groups in total. The number of nitrogens with zero attached hydrogens (tertiary/aromatic N) is 1. The molecule has 0 spiro atoms. The Bertz CT molecular complexity index is 1050. The topological polar surface area (TPSA) is 72.0 Å².